The first-order chi connectivity index (χ1) is 9.97. The SMILES string of the molecule is CCOC(=O)C(C)(Nc1ccccc1C)c1ccc(Br)o1. The Balaban J connectivity index is 2.41. The highest BCUT2D eigenvalue weighted by Gasteiger charge is 2.40. The molecule has 0 radical (unpaired) electrons. The molecule has 0 aliphatic rings. The van der Waals surface area contributed by atoms with E-state index in [-0.39, 0.29) is 5.97 Å². The number of benzene rings is 1. The lowest BCUT2D eigenvalue weighted by atomic mass is 9.97. The summed E-state index contributed by atoms with van der Waals surface area (Å²) >= 11 is 3.27. The molecule has 2 rings (SSSR count). The maximum absolute atomic E-state index is 12.4. The number of furan rings is 1. The molecule has 1 unspecified atom stereocenters. The van der Waals surface area contributed by atoms with Crippen LogP contribution in [0.2, 0.25) is 0 Å². The Morgan fingerprint density at radius 1 is 1.33 bits per heavy atom. The number of anilines is 1. The molecule has 0 fully saturated rings. The summed E-state index contributed by atoms with van der Waals surface area (Å²) in [7, 11) is 0. The van der Waals surface area contributed by atoms with Gasteiger partial charge in [-0.2, -0.15) is 0 Å². The molecule has 0 aliphatic heterocycles. The number of nitrogens with one attached hydrogen (secondary N) is 1. The van der Waals surface area contributed by atoms with Gasteiger partial charge in [-0.3, -0.25) is 0 Å². The minimum Gasteiger partial charge on any atom is -0.464 e. The van der Waals surface area contributed by atoms with Gasteiger partial charge in [0, 0.05) is 5.69 Å². The maximum atomic E-state index is 12.4. The number of aryl methyl sites for hydroxylation is 1. The Labute approximate surface area is 132 Å². The third-order valence-electron chi connectivity index (χ3n) is 3.28. The van der Waals surface area contributed by atoms with Crippen LogP contribution in [-0.2, 0) is 15.1 Å². The predicted octanol–water partition coefficient (Wildman–Crippen LogP) is 4.24. The third-order valence-corrected chi connectivity index (χ3v) is 3.71. The molecule has 1 N–H and O–H groups in total. The fourth-order valence-electron chi connectivity index (χ4n) is 2.05. The van der Waals surface area contributed by atoms with Crippen molar-refractivity contribution in [2.75, 3.05) is 11.9 Å². The molecule has 1 heterocycles. The van der Waals surface area contributed by atoms with E-state index in [2.05, 4.69) is 21.2 Å². The zero-order valence-electron chi connectivity index (χ0n) is 12.3. The number of hydrogen-bond donors (Lipinski definition) is 1. The van der Waals surface area contributed by atoms with E-state index in [0.29, 0.717) is 17.0 Å². The minimum absolute atomic E-state index is 0.311. The Hall–Kier alpha value is -1.75. The van der Waals surface area contributed by atoms with Gasteiger partial charge in [-0.1, -0.05) is 18.2 Å². The second kappa shape index (κ2) is 6.35. The quantitative estimate of drug-likeness (QED) is 0.818. The first kappa shape index (κ1) is 15.6. The van der Waals surface area contributed by atoms with E-state index in [1.165, 1.54) is 0 Å². The van der Waals surface area contributed by atoms with Crippen LogP contribution >= 0.6 is 15.9 Å². The molecular weight excluding hydrogens is 334 g/mol. The number of ether oxygens (including phenoxy) is 1. The summed E-state index contributed by atoms with van der Waals surface area (Å²) in [5.74, 6) is 0.117. The number of para-hydroxylation sites is 1. The molecule has 1 aromatic carbocycles. The molecule has 0 saturated carbocycles. The fourth-order valence-corrected chi connectivity index (χ4v) is 2.36. The zero-order chi connectivity index (χ0) is 15.5. The summed E-state index contributed by atoms with van der Waals surface area (Å²) in [6.07, 6.45) is 0. The largest absolute Gasteiger partial charge is 0.464 e. The molecule has 0 aliphatic carbocycles. The van der Waals surface area contributed by atoms with E-state index in [1.807, 2.05) is 31.2 Å². The van der Waals surface area contributed by atoms with Crippen LogP contribution in [0.15, 0.2) is 45.5 Å². The number of carbonyl (C=O) groups excluding carboxylic acids is 1. The van der Waals surface area contributed by atoms with Crippen LogP contribution in [0, 0.1) is 6.92 Å². The van der Waals surface area contributed by atoms with Crippen LogP contribution in [0.3, 0.4) is 0 Å². The Morgan fingerprint density at radius 2 is 2.05 bits per heavy atom. The lowest BCUT2D eigenvalue weighted by molar-refractivity contribution is -0.149. The standard InChI is InChI=1S/C16H18BrNO3/c1-4-20-15(19)16(3,13-9-10-14(17)21-13)18-12-8-6-5-7-11(12)2/h5-10,18H,4H2,1-3H3. The van der Waals surface area contributed by atoms with Crippen LogP contribution in [0.4, 0.5) is 5.69 Å². The van der Waals surface area contributed by atoms with Crippen molar-refractivity contribution in [2.45, 2.75) is 26.3 Å². The summed E-state index contributed by atoms with van der Waals surface area (Å²) in [6.45, 7) is 5.82. The molecule has 1 atom stereocenters. The number of hydrogen-bond acceptors (Lipinski definition) is 4. The Kier molecular flexibility index (Phi) is 4.73. The highest BCUT2D eigenvalue weighted by molar-refractivity contribution is 9.10. The smallest absolute Gasteiger partial charge is 0.339 e. The van der Waals surface area contributed by atoms with Gasteiger partial charge in [-0.05, 0) is 60.5 Å². The van der Waals surface area contributed by atoms with Crippen LogP contribution in [0.25, 0.3) is 0 Å². The van der Waals surface area contributed by atoms with Crippen LogP contribution < -0.4 is 5.32 Å². The van der Waals surface area contributed by atoms with Crippen molar-refractivity contribution < 1.29 is 13.9 Å². The summed E-state index contributed by atoms with van der Waals surface area (Å²) in [5, 5.41) is 3.25. The fraction of sp³-hybridized carbons (Fsp3) is 0.312. The van der Waals surface area contributed by atoms with E-state index in [9.17, 15) is 4.79 Å². The molecule has 21 heavy (non-hydrogen) atoms. The first-order valence-corrected chi connectivity index (χ1v) is 7.53. The molecule has 0 bridgehead atoms. The number of rotatable bonds is 5. The Bertz CT molecular complexity index is 638. The van der Waals surface area contributed by atoms with Crippen molar-refractivity contribution in [3.63, 3.8) is 0 Å². The average molecular weight is 352 g/mol. The van der Waals surface area contributed by atoms with Crippen LogP contribution in [-0.4, -0.2) is 12.6 Å². The van der Waals surface area contributed by atoms with Crippen molar-refractivity contribution >= 4 is 27.6 Å². The van der Waals surface area contributed by atoms with Gasteiger partial charge in [0.15, 0.2) is 10.2 Å². The normalized spacial score (nSPS) is 13.5. The average Bonchev–Trinajstić information content (AvgIpc) is 2.89. The van der Waals surface area contributed by atoms with E-state index < -0.39 is 5.54 Å². The van der Waals surface area contributed by atoms with Crippen molar-refractivity contribution in [3.05, 3.63) is 52.4 Å². The summed E-state index contributed by atoms with van der Waals surface area (Å²) < 4.78 is 11.4. The Morgan fingerprint density at radius 3 is 2.62 bits per heavy atom. The highest BCUT2D eigenvalue weighted by Crippen LogP contribution is 2.31. The van der Waals surface area contributed by atoms with Gasteiger partial charge in [0.25, 0.3) is 0 Å². The van der Waals surface area contributed by atoms with Crippen LogP contribution in [0.5, 0.6) is 0 Å². The molecular formula is C16H18BrNO3. The highest BCUT2D eigenvalue weighted by atomic mass is 79.9. The van der Waals surface area contributed by atoms with Gasteiger partial charge >= 0.3 is 5.97 Å². The predicted molar refractivity (Wildman–Crippen MR) is 85.2 cm³/mol. The van der Waals surface area contributed by atoms with Gasteiger partial charge in [0.2, 0.25) is 0 Å². The van der Waals surface area contributed by atoms with Crippen molar-refractivity contribution in [3.8, 4) is 0 Å². The molecule has 112 valence electrons. The van der Waals surface area contributed by atoms with Crippen LogP contribution in [0.1, 0.15) is 25.2 Å². The summed E-state index contributed by atoms with van der Waals surface area (Å²) in [5.41, 5.74) is 0.813. The van der Waals surface area contributed by atoms with E-state index in [4.69, 9.17) is 9.15 Å². The molecule has 0 spiro atoms. The van der Waals surface area contributed by atoms with Gasteiger partial charge in [-0.25, -0.2) is 4.79 Å². The van der Waals surface area contributed by atoms with E-state index in [0.717, 1.165) is 11.3 Å². The second-order valence-corrected chi connectivity index (χ2v) is 5.67. The number of carbonyl (C=O) groups is 1. The first-order valence-electron chi connectivity index (χ1n) is 6.74. The molecule has 1 aromatic heterocycles. The van der Waals surface area contributed by atoms with Gasteiger partial charge in [0.05, 0.1) is 6.61 Å². The topological polar surface area (TPSA) is 51.5 Å². The summed E-state index contributed by atoms with van der Waals surface area (Å²) in [6, 6.07) is 11.3. The van der Waals surface area contributed by atoms with E-state index >= 15 is 0 Å². The van der Waals surface area contributed by atoms with Crippen molar-refractivity contribution in [1.82, 2.24) is 0 Å². The number of esters is 1. The second-order valence-electron chi connectivity index (χ2n) is 4.89. The maximum Gasteiger partial charge on any atom is 0.339 e. The molecule has 2 aromatic rings. The minimum atomic E-state index is -1.09. The number of halogens is 1. The van der Waals surface area contributed by atoms with Crippen molar-refractivity contribution in [2.24, 2.45) is 0 Å². The molecule has 5 heteroatoms. The lowest BCUT2D eigenvalue weighted by Crippen LogP contribution is -2.41. The molecule has 4 nitrogen and oxygen atoms in total. The van der Waals surface area contributed by atoms with Gasteiger partial charge in [-0.15, -0.1) is 0 Å². The van der Waals surface area contributed by atoms with Gasteiger partial charge in [0.1, 0.15) is 5.76 Å². The van der Waals surface area contributed by atoms with Crippen molar-refractivity contribution in [1.29, 1.82) is 0 Å². The molecule has 0 amide bonds. The van der Waals surface area contributed by atoms with Gasteiger partial charge < -0.3 is 14.5 Å². The van der Waals surface area contributed by atoms with E-state index in [1.54, 1.807) is 26.0 Å². The molecule has 0 saturated heterocycles. The lowest BCUT2D eigenvalue weighted by Gasteiger charge is -2.28. The summed E-state index contributed by atoms with van der Waals surface area (Å²) in [4.78, 5) is 12.4. The monoisotopic (exact) mass is 351 g/mol. The third kappa shape index (κ3) is 3.29. The zero-order valence-corrected chi connectivity index (χ0v) is 13.9.